The van der Waals surface area contributed by atoms with Crippen LogP contribution in [0, 0.1) is 0 Å². The van der Waals surface area contributed by atoms with E-state index in [4.69, 9.17) is 0 Å². The van der Waals surface area contributed by atoms with Crippen LogP contribution in [-0.2, 0) is 12.8 Å². The first-order valence-corrected chi connectivity index (χ1v) is 7.53. The first-order chi connectivity index (χ1) is 9.81. The summed E-state index contributed by atoms with van der Waals surface area (Å²) in [5.74, 6) is 0. The van der Waals surface area contributed by atoms with Crippen molar-refractivity contribution in [2.45, 2.75) is 39.5 Å². The molecule has 1 heteroatoms. The minimum absolute atomic E-state index is 1.02. The second kappa shape index (κ2) is 7.64. The molecule has 20 heavy (non-hydrogen) atoms. The van der Waals surface area contributed by atoms with Gasteiger partial charge in [-0.15, -0.1) is 0 Å². The topological polar surface area (TPSA) is 12.4 Å². The van der Waals surface area contributed by atoms with Crippen LogP contribution in [0.1, 0.15) is 43.4 Å². The molecule has 0 spiro atoms. The Hall–Kier alpha value is -1.89. The molecule has 0 aliphatic rings. The van der Waals surface area contributed by atoms with Gasteiger partial charge in [0.05, 0.1) is 5.69 Å². The predicted molar refractivity (Wildman–Crippen MR) is 88.1 cm³/mol. The van der Waals surface area contributed by atoms with Crippen LogP contribution in [0.5, 0.6) is 0 Å². The molecular weight excluding hydrogens is 242 g/mol. The van der Waals surface area contributed by atoms with Crippen molar-refractivity contribution >= 4 is 11.9 Å². The van der Waals surface area contributed by atoms with E-state index in [2.05, 4.69) is 67.4 Å². The van der Waals surface area contributed by atoms with E-state index in [0.29, 0.717) is 0 Å². The van der Waals surface area contributed by atoms with Gasteiger partial charge in [-0.1, -0.05) is 63.1 Å². The number of benzene rings is 2. The van der Waals surface area contributed by atoms with Crippen LogP contribution >= 0.6 is 0 Å². The number of rotatable bonds is 6. The van der Waals surface area contributed by atoms with Crippen LogP contribution < -0.4 is 0 Å². The van der Waals surface area contributed by atoms with Crippen molar-refractivity contribution in [1.82, 2.24) is 0 Å². The Labute approximate surface area is 122 Å². The van der Waals surface area contributed by atoms with Crippen LogP contribution in [0.4, 0.5) is 5.69 Å². The largest absolute Gasteiger partial charge is 0.256 e. The van der Waals surface area contributed by atoms with E-state index in [0.717, 1.165) is 24.1 Å². The fourth-order valence-electron chi connectivity index (χ4n) is 2.25. The van der Waals surface area contributed by atoms with Crippen molar-refractivity contribution < 1.29 is 0 Å². The molecule has 0 radical (unpaired) electrons. The summed E-state index contributed by atoms with van der Waals surface area (Å²) in [4.78, 5) is 4.53. The summed E-state index contributed by atoms with van der Waals surface area (Å²) in [5, 5.41) is 0. The third-order valence-electron chi connectivity index (χ3n) is 3.36. The summed E-state index contributed by atoms with van der Waals surface area (Å²) in [6.45, 7) is 4.41. The first kappa shape index (κ1) is 14.5. The molecule has 1 nitrogen and oxygen atoms in total. The average molecular weight is 265 g/mol. The van der Waals surface area contributed by atoms with Gasteiger partial charge < -0.3 is 0 Å². The molecule has 0 N–H and O–H groups in total. The smallest absolute Gasteiger partial charge is 0.0630 e. The molecular formula is C19H23N. The van der Waals surface area contributed by atoms with Crippen molar-refractivity contribution in [3.05, 3.63) is 65.2 Å². The quantitative estimate of drug-likeness (QED) is 0.625. The van der Waals surface area contributed by atoms with Crippen LogP contribution in [0.2, 0.25) is 0 Å². The van der Waals surface area contributed by atoms with E-state index in [9.17, 15) is 0 Å². The van der Waals surface area contributed by atoms with Crippen LogP contribution in [0.3, 0.4) is 0 Å². The molecule has 0 atom stereocenters. The summed E-state index contributed by atoms with van der Waals surface area (Å²) < 4.78 is 0. The summed E-state index contributed by atoms with van der Waals surface area (Å²) >= 11 is 0. The second-order valence-corrected chi connectivity index (χ2v) is 5.17. The highest BCUT2D eigenvalue weighted by Gasteiger charge is 1.94. The van der Waals surface area contributed by atoms with Crippen LogP contribution in [0.15, 0.2) is 53.5 Å². The molecule has 0 unspecified atom stereocenters. The molecule has 2 aromatic rings. The minimum Gasteiger partial charge on any atom is -0.256 e. The van der Waals surface area contributed by atoms with Gasteiger partial charge in [-0.2, -0.15) is 0 Å². The van der Waals surface area contributed by atoms with Crippen molar-refractivity contribution in [2.75, 3.05) is 0 Å². The van der Waals surface area contributed by atoms with E-state index in [1.165, 1.54) is 24.0 Å². The molecule has 0 heterocycles. The Balaban J connectivity index is 2.01. The van der Waals surface area contributed by atoms with Gasteiger partial charge in [0.1, 0.15) is 0 Å². The Morgan fingerprint density at radius 3 is 1.75 bits per heavy atom. The lowest BCUT2D eigenvalue weighted by atomic mass is 10.1. The van der Waals surface area contributed by atoms with Crippen molar-refractivity contribution in [1.29, 1.82) is 0 Å². The maximum absolute atomic E-state index is 4.53. The number of aryl methyl sites for hydroxylation is 2. The molecule has 2 aromatic carbocycles. The molecule has 0 saturated carbocycles. The summed E-state index contributed by atoms with van der Waals surface area (Å²) in [5.41, 5.74) is 4.95. The lowest BCUT2D eigenvalue weighted by molar-refractivity contribution is 0.922. The fraction of sp³-hybridized carbons (Fsp3) is 0.316. The van der Waals surface area contributed by atoms with Crippen molar-refractivity contribution in [3.63, 3.8) is 0 Å². The Bertz CT molecular complexity index is 483. The highest BCUT2D eigenvalue weighted by Crippen LogP contribution is 2.14. The van der Waals surface area contributed by atoms with Gasteiger partial charge in [0.2, 0.25) is 0 Å². The maximum Gasteiger partial charge on any atom is 0.0630 e. The third-order valence-corrected chi connectivity index (χ3v) is 3.36. The molecule has 0 fully saturated rings. The molecule has 0 aromatic heterocycles. The van der Waals surface area contributed by atoms with Gasteiger partial charge in [0.15, 0.2) is 0 Å². The van der Waals surface area contributed by atoms with Gasteiger partial charge in [-0.25, -0.2) is 0 Å². The second-order valence-electron chi connectivity index (χ2n) is 5.17. The zero-order valence-electron chi connectivity index (χ0n) is 12.5. The maximum atomic E-state index is 4.53. The Morgan fingerprint density at radius 1 is 0.750 bits per heavy atom. The predicted octanol–water partition coefficient (Wildman–Crippen LogP) is 5.34. The molecule has 0 aliphatic heterocycles. The lowest BCUT2D eigenvalue weighted by Gasteiger charge is -2.00. The van der Waals surface area contributed by atoms with Gasteiger partial charge in [0, 0.05) is 6.21 Å². The summed E-state index contributed by atoms with van der Waals surface area (Å²) in [6.07, 6.45) is 6.61. The van der Waals surface area contributed by atoms with E-state index in [-0.39, 0.29) is 0 Å². The SMILES string of the molecule is CCCc1ccc(C=Nc2ccc(CCC)cc2)cc1. The highest BCUT2D eigenvalue weighted by molar-refractivity contribution is 5.81. The molecule has 0 aliphatic carbocycles. The average Bonchev–Trinajstić information content (AvgIpc) is 2.49. The normalized spacial score (nSPS) is 11.1. The van der Waals surface area contributed by atoms with E-state index < -0.39 is 0 Å². The van der Waals surface area contributed by atoms with Gasteiger partial charge >= 0.3 is 0 Å². The van der Waals surface area contributed by atoms with Crippen molar-refractivity contribution in [2.24, 2.45) is 4.99 Å². The van der Waals surface area contributed by atoms with Crippen LogP contribution in [-0.4, -0.2) is 6.21 Å². The fourth-order valence-corrected chi connectivity index (χ4v) is 2.25. The standard InChI is InChI=1S/C19H23N/c1-3-5-16-7-9-18(10-8-16)15-20-19-13-11-17(6-4-2)12-14-19/h7-15H,3-6H2,1-2H3. The third kappa shape index (κ3) is 4.34. The number of aliphatic imine (C=N–C) groups is 1. The molecule has 104 valence electrons. The number of nitrogens with zero attached hydrogens (tertiary/aromatic N) is 1. The molecule has 0 amide bonds. The molecule has 2 rings (SSSR count). The highest BCUT2D eigenvalue weighted by atomic mass is 14.7. The zero-order valence-corrected chi connectivity index (χ0v) is 12.5. The van der Waals surface area contributed by atoms with Crippen molar-refractivity contribution in [3.8, 4) is 0 Å². The van der Waals surface area contributed by atoms with Gasteiger partial charge in [0.25, 0.3) is 0 Å². The monoisotopic (exact) mass is 265 g/mol. The molecule has 0 saturated heterocycles. The zero-order chi connectivity index (χ0) is 14.2. The summed E-state index contributed by atoms with van der Waals surface area (Å²) in [7, 11) is 0. The van der Waals surface area contributed by atoms with Gasteiger partial charge in [-0.05, 0) is 41.7 Å². The van der Waals surface area contributed by atoms with E-state index in [1.54, 1.807) is 0 Å². The lowest BCUT2D eigenvalue weighted by Crippen LogP contribution is -1.85. The van der Waals surface area contributed by atoms with E-state index >= 15 is 0 Å². The first-order valence-electron chi connectivity index (χ1n) is 7.53. The summed E-state index contributed by atoms with van der Waals surface area (Å²) in [6, 6.07) is 17.2. The van der Waals surface area contributed by atoms with Crippen LogP contribution in [0.25, 0.3) is 0 Å². The number of hydrogen-bond donors (Lipinski definition) is 0. The molecule has 0 bridgehead atoms. The minimum atomic E-state index is 1.02. The number of hydrogen-bond acceptors (Lipinski definition) is 1. The Kier molecular flexibility index (Phi) is 5.55. The van der Waals surface area contributed by atoms with Gasteiger partial charge in [-0.3, -0.25) is 4.99 Å². The van der Waals surface area contributed by atoms with E-state index in [1.807, 2.05) is 6.21 Å². The Morgan fingerprint density at radius 2 is 1.25 bits per heavy atom.